The Morgan fingerprint density at radius 2 is 1.74 bits per heavy atom. The molecule has 0 aliphatic rings. The van der Waals surface area contributed by atoms with Crippen molar-refractivity contribution in [2.75, 3.05) is 14.2 Å². The fourth-order valence-electron chi connectivity index (χ4n) is 1.98. The summed E-state index contributed by atoms with van der Waals surface area (Å²) in [5, 5.41) is 10.7. The molecule has 6 heteroatoms. The molecule has 0 saturated heterocycles. The number of rotatable bonds is 6. The van der Waals surface area contributed by atoms with Crippen molar-refractivity contribution in [1.29, 1.82) is 0 Å². The highest BCUT2D eigenvalue weighted by atomic mass is 32.2. The Bertz CT molecular complexity index is 792. The molecule has 122 valence electrons. The highest BCUT2D eigenvalue weighted by molar-refractivity contribution is 7.93. The van der Waals surface area contributed by atoms with Gasteiger partial charge >= 0.3 is 0 Å². The lowest BCUT2D eigenvalue weighted by Crippen LogP contribution is -2.00. The molecule has 0 unspecified atom stereocenters. The number of benzene rings is 2. The van der Waals surface area contributed by atoms with Gasteiger partial charge in [-0.3, -0.25) is 0 Å². The van der Waals surface area contributed by atoms with Crippen LogP contribution in [0.5, 0.6) is 17.2 Å². The van der Waals surface area contributed by atoms with E-state index >= 15 is 0 Å². The monoisotopic (exact) mass is 334 g/mol. The van der Waals surface area contributed by atoms with Crippen LogP contribution in [0.3, 0.4) is 0 Å². The molecule has 0 radical (unpaired) electrons. The van der Waals surface area contributed by atoms with Crippen molar-refractivity contribution in [2.45, 2.75) is 5.75 Å². The molecule has 0 heterocycles. The Balaban J connectivity index is 2.13. The highest BCUT2D eigenvalue weighted by Crippen LogP contribution is 2.27. The number of hydrogen-bond acceptors (Lipinski definition) is 5. The van der Waals surface area contributed by atoms with Crippen LogP contribution >= 0.6 is 0 Å². The van der Waals surface area contributed by atoms with E-state index in [2.05, 4.69) is 0 Å². The maximum absolute atomic E-state index is 12.2. The Morgan fingerprint density at radius 1 is 1.04 bits per heavy atom. The van der Waals surface area contributed by atoms with Crippen LogP contribution in [0.15, 0.2) is 47.9 Å². The molecule has 2 rings (SSSR count). The predicted molar refractivity (Wildman–Crippen MR) is 89.3 cm³/mol. The van der Waals surface area contributed by atoms with Gasteiger partial charge in [0.1, 0.15) is 5.75 Å². The van der Waals surface area contributed by atoms with Gasteiger partial charge in [-0.15, -0.1) is 0 Å². The van der Waals surface area contributed by atoms with E-state index in [4.69, 9.17) is 9.47 Å². The number of aromatic hydroxyl groups is 1. The lowest BCUT2D eigenvalue weighted by molar-refractivity contribution is 0.373. The quantitative estimate of drug-likeness (QED) is 0.879. The first-order valence-corrected chi connectivity index (χ1v) is 8.56. The van der Waals surface area contributed by atoms with Crippen LogP contribution in [0.4, 0.5) is 0 Å². The van der Waals surface area contributed by atoms with Crippen molar-refractivity contribution < 1.29 is 23.0 Å². The summed E-state index contributed by atoms with van der Waals surface area (Å²) in [6.45, 7) is 0. The fraction of sp³-hybridized carbons (Fsp3) is 0.176. The smallest absolute Gasteiger partial charge is 0.175 e. The molecular formula is C17H18O5S. The molecule has 0 aromatic heterocycles. The first-order chi connectivity index (χ1) is 10.9. The van der Waals surface area contributed by atoms with E-state index in [1.54, 1.807) is 43.5 Å². The van der Waals surface area contributed by atoms with E-state index in [0.29, 0.717) is 22.6 Å². The number of phenols is 1. The molecule has 0 bridgehead atoms. The van der Waals surface area contributed by atoms with E-state index in [0.717, 1.165) is 5.41 Å². The second-order valence-electron chi connectivity index (χ2n) is 4.89. The third kappa shape index (κ3) is 4.75. The maximum Gasteiger partial charge on any atom is 0.175 e. The summed E-state index contributed by atoms with van der Waals surface area (Å²) in [5.41, 5.74) is 1.30. The molecule has 0 atom stereocenters. The summed E-state index contributed by atoms with van der Waals surface area (Å²) >= 11 is 0. The zero-order valence-corrected chi connectivity index (χ0v) is 13.7. The van der Waals surface area contributed by atoms with Crippen LogP contribution in [-0.4, -0.2) is 27.7 Å². The van der Waals surface area contributed by atoms with E-state index in [9.17, 15) is 13.5 Å². The first-order valence-electron chi connectivity index (χ1n) is 6.84. The largest absolute Gasteiger partial charge is 0.504 e. The summed E-state index contributed by atoms with van der Waals surface area (Å²) in [5.74, 6) is 0.881. The minimum atomic E-state index is -3.41. The van der Waals surface area contributed by atoms with Crippen LogP contribution in [0.2, 0.25) is 0 Å². The molecule has 0 spiro atoms. The van der Waals surface area contributed by atoms with Crippen LogP contribution in [0, 0.1) is 0 Å². The summed E-state index contributed by atoms with van der Waals surface area (Å²) < 4.78 is 34.3. The van der Waals surface area contributed by atoms with E-state index < -0.39 is 9.84 Å². The molecule has 5 nitrogen and oxygen atoms in total. The van der Waals surface area contributed by atoms with Crippen molar-refractivity contribution in [3.63, 3.8) is 0 Å². The lowest BCUT2D eigenvalue weighted by atomic mass is 10.2. The molecular weight excluding hydrogens is 316 g/mol. The Hall–Kier alpha value is -2.47. The summed E-state index contributed by atoms with van der Waals surface area (Å²) in [6, 6.07) is 11.5. The minimum absolute atomic E-state index is 0.00531. The minimum Gasteiger partial charge on any atom is -0.504 e. The van der Waals surface area contributed by atoms with Crippen molar-refractivity contribution in [3.8, 4) is 17.2 Å². The Labute approximate surface area is 135 Å². The molecule has 0 aliphatic heterocycles. The third-order valence-electron chi connectivity index (χ3n) is 3.20. The predicted octanol–water partition coefficient (Wildman–Crippen LogP) is 3.00. The van der Waals surface area contributed by atoms with Gasteiger partial charge in [-0.2, -0.15) is 0 Å². The summed E-state index contributed by atoms with van der Waals surface area (Å²) in [6.07, 6.45) is 1.47. The summed E-state index contributed by atoms with van der Waals surface area (Å²) in [7, 11) is -0.417. The molecule has 2 aromatic rings. The molecule has 2 aromatic carbocycles. The average Bonchev–Trinajstić information content (AvgIpc) is 2.54. The number of ether oxygens (including phenoxy) is 2. The molecule has 23 heavy (non-hydrogen) atoms. The van der Waals surface area contributed by atoms with Crippen LogP contribution in [0.1, 0.15) is 11.1 Å². The molecule has 0 amide bonds. The van der Waals surface area contributed by atoms with Crippen LogP contribution < -0.4 is 9.47 Å². The van der Waals surface area contributed by atoms with Crippen molar-refractivity contribution in [1.82, 2.24) is 0 Å². The zero-order valence-electron chi connectivity index (χ0n) is 12.9. The van der Waals surface area contributed by atoms with Gasteiger partial charge in [-0.1, -0.05) is 18.2 Å². The van der Waals surface area contributed by atoms with Gasteiger partial charge in [-0.05, 0) is 41.5 Å². The topological polar surface area (TPSA) is 72.8 Å². The van der Waals surface area contributed by atoms with Gasteiger partial charge in [0.15, 0.2) is 21.3 Å². The van der Waals surface area contributed by atoms with Gasteiger partial charge in [0, 0.05) is 5.41 Å². The van der Waals surface area contributed by atoms with Crippen LogP contribution in [-0.2, 0) is 15.6 Å². The van der Waals surface area contributed by atoms with Crippen molar-refractivity contribution in [2.24, 2.45) is 0 Å². The highest BCUT2D eigenvalue weighted by Gasteiger charge is 2.08. The van der Waals surface area contributed by atoms with E-state index in [1.807, 2.05) is 0 Å². The standard InChI is InChI=1S/C17H18O5S/c1-21-15-6-3-14(4-7-15)12-23(19,20)10-9-13-5-8-16(18)17(11-13)22-2/h3-11,18H,12H2,1-2H3. The molecule has 0 saturated carbocycles. The van der Waals surface area contributed by atoms with Gasteiger partial charge in [0.2, 0.25) is 0 Å². The van der Waals surface area contributed by atoms with E-state index in [-0.39, 0.29) is 11.5 Å². The summed E-state index contributed by atoms with van der Waals surface area (Å²) in [4.78, 5) is 0. The number of methoxy groups -OCH3 is 2. The first kappa shape index (κ1) is 16.9. The zero-order chi connectivity index (χ0) is 16.9. The normalized spacial score (nSPS) is 11.6. The second-order valence-corrected chi connectivity index (χ2v) is 6.78. The van der Waals surface area contributed by atoms with Crippen molar-refractivity contribution >= 4 is 15.9 Å². The van der Waals surface area contributed by atoms with Crippen LogP contribution in [0.25, 0.3) is 6.08 Å². The number of phenolic OH excluding ortho intramolecular Hbond substituents is 1. The molecule has 0 fully saturated rings. The molecule has 1 N–H and O–H groups in total. The van der Waals surface area contributed by atoms with E-state index in [1.165, 1.54) is 19.3 Å². The Kier molecular flexibility index (Phi) is 5.28. The fourth-order valence-corrected chi connectivity index (χ4v) is 3.10. The van der Waals surface area contributed by atoms with Gasteiger partial charge in [0.05, 0.1) is 20.0 Å². The number of hydrogen-bond donors (Lipinski definition) is 1. The molecule has 0 aliphatic carbocycles. The van der Waals surface area contributed by atoms with Gasteiger partial charge in [-0.25, -0.2) is 8.42 Å². The maximum atomic E-state index is 12.2. The average molecular weight is 334 g/mol. The third-order valence-corrected chi connectivity index (χ3v) is 4.48. The lowest BCUT2D eigenvalue weighted by Gasteiger charge is -2.04. The van der Waals surface area contributed by atoms with Gasteiger partial charge in [0.25, 0.3) is 0 Å². The Morgan fingerprint density at radius 3 is 2.35 bits per heavy atom. The SMILES string of the molecule is COc1ccc(CS(=O)(=O)C=Cc2ccc(O)c(OC)c2)cc1. The van der Waals surface area contributed by atoms with Crippen molar-refractivity contribution in [3.05, 3.63) is 59.0 Å². The van der Waals surface area contributed by atoms with Gasteiger partial charge < -0.3 is 14.6 Å². The second kappa shape index (κ2) is 7.19. The number of sulfone groups is 1.